The summed E-state index contributed by atoms with van der Waals surface area (Å²) in [6, 6.07) is 5.22. The first-order valence-electron chi connectivity index (χ1n) is 6.68. The quantitative estimate of drug-likeness (QED) is 0.688. The van der Waals surface area contributed by atoms with Crippen LogP contribution in [0.1, 0.15) is 25.7 Å². The summed E-state index contributed by atoms with van der Waals surface area (Å²) in [5, 5.41) is 3.70. The van der Waals surface area contributed by atoms with Gasteiger partial charge in [-0.1, -0.05) is 29.3 Å². The molecule has 0 radical (unpaired) electrons. The second-order valence-corrected chi connectivity index (χ2v) is 5.13. The van der Waals surface area contributed by atoms with Crippen LogP contribution >= 0.6 is 23.2 Å². The summed E-state index contributed by atoms with van der Waals surface area (Å²) in [5.74, 6) is 0.574. The lowest BCUT2D eigenvalue weighted by molar-refractivity contribution is -0.121. The molecule has 0 atom stereocenters. The molecule has 1 aromatic carbocycles. The smallest absolute Gasteiger partial charge is 0.220 e. The summed E-state index contributed by atoms with van der Waals surface area (Å²) >= 11 is 11.9. The topological polar surface area (TPSA) is 64.3 Å². The zero-order valence-corrected chi connectivity index (χ0v) is 12.8. The summed E-state index contributed by atoms with van der Waals surface area (Å²) < 4.78 is 5.50. The van der Waals surface area contributed by atoms with Crippen LogP contribution in [-0.4, -0.2) is 25.6 Å². The van der Waals surface area contributed by atoms with Crippen molar-refractivity contribution in [3.05, 3.63) is 28.2 Å². The first kappa shape index (κ1) is 17.1. The van der Waals surface area contributed by atoms with E-state index >= 15 is 0 Å². The predicted octanol–water partition coefficient (Wildman–Crippen LogP) is 3.01. The molecule has 1 amide bonds. The molecule has 0 saturated heterocycles. The number of unbranched alkanes of at least 4 members (excludes halogenated alkanes) is 1. The van der Waals surface area contributed by atoms with Crippen molar-refractivity contribution in [3.8, 4) is 5.75 Å². The lowest BCUT2D eigenvalue weighted by atomic mass is 10.3. The van der Waals surface area contributed by atoms with Crippen molar-refractivity contribution in [2.45, 2.75) is 25.7 Å². The van der Waals surface area contributed by atoms with E-state index in [1.807, 2.05) is 0 Å². The van der Waals surface area contributed by atoms with Crippen molar-refractivity contribution < 1.29 is 9.53 Å². The average Bonchev–Trinajstić information content (AvgIpc) is 2.44. The molecule has 0 fully saturated rings. The van der Waals surface area contributed by atoms with E-state index in [1.165, 1.54) is 0 Å². The maximum absolute atomic E-state index is 11.5. The van der Waals surface area contributed by atoms with Gasteiger partial charge < -0.3 is 15.8 Å². The summed E-state index contributed by atoms with van der Waals surface area (Å²) in [6.45, 7) is 1.76. The van der Waals surface area contributed by atoms with Gasteiger partial charge in [0.15, 0.2) is 0 Å². The molecule has 4 nitrogen and oxygen atoms in total. The van der Waals surface area contributed by atoms with Crippen LogP contribution in [0.3, 0.4) is 0 Å². The van der Waals surface area contributed by atoms with Crippen molar-refractivity contribution in [1.29, 1.82) is 0 Å². The van der Waals surface area contributed by atoms with Gasteiger partial charge in [-0.15, -0.1) is 0 Å². The van der Waals surface area contributed by atoms with Crippen LogP contribution in [0.2, 0.25) is 10.0 Å². The number of hydrogen-bond acceptors (Lipinski definition) is 3. The van der Waals surface area contributed by atoms with E-state index in [1.54, 1.807) is 18.2 Å². The largest absolute Gasteiger partial charge is 0.492 e. The van der Waals surface area contributed by atoms with Gasteiger partial charge in [-0.2, -0.15) is 0 Å². The van der Waals surface area contributed by atoms with Crippen LogP contribution < -0.4 is 15.8 Å². The van der Waals surface area contributed by atoms with Crippen molar-refractivity contribution >= 4 is 29.1 Å². The summed E-state index contributed by atoms with van der Waals surface area (Å²) in [7, 11) is 0. The van der Waals surface area contributed by atoms with Crippen molar-refractivity contribution in [1.82, 2.24) is 5.32 Å². The third-order valence-electron chi connectivity index (χ3n) is 2.67. The molecule has 0 aliphatic rings. The molecule has 1 rings (SSSR count). The minimum atomic E-state index is 0.0304. The van der Waals surface area contributed by atoms with Gasteiger partial charge in [0.1, 0.15) is 10.8 Å². The van der Waals surface area contributed by atoms with Crippen molar-refractivity contribution in [2.24, 2.45) is 5.73 Å². The van der Waals surface area contributed by atoms with E-state index < -0.39 is 0 Å². The van der Waals surface area contributed by atoms with Gasteiger partial charge in [-0.3, -0.25) is 4.79 Å². The SMILES string of the molecule is NCCCCNC(=O)CCCOc1cccc(Cl)c1Cl. The molecular weight excluding hydrogens is 299 g/mol. The number of ether oxygens (including phenoxy) is 1. The van der Waals surface area contributed by atoms with Gasteiger partial charge in [0, 0.05) is 13.0 Å². The molecule has 0 aliphatic carbocycles. The average molecular weight is 319 g/mol. The number of carbonyl (C=O) groups excluding carboxylic acids is 1. The highest BCUT2D eigenvalue weighted by atomic mass is 35.5. The zero-order chi connectivity index (χ0) is 14.8. The van der Waals surface area contributed by atoms with Gasteiger partial charge >= 0.3 is 0 Å². The van der Waals surface area contributed by atoms with Gasteiger partial charge in [0.25, 0.3) is 0 Å². The fourth-order valence-corrected chi connectivity index (χ4v) is 1.94. The van der Waals surface area contributed by atoms with E-state index in [2.05, 4.69) is 5.32 Å². The number of nitrogens with two attached hydrogens (primary N) is 1. The second kappa shape index (κ2) is 9.86. The van der Waals surface area contributed by atoms with Crippen LogP contribution in [0.5, 0.6) is 5.75 Å². The Balaban J connectivity index is 2.15. The lowest BCUT2D eigenvalue weighted by Gasteiger charge is -2.09. The van der Waals surface area contributed by atoms with E-state index in [0.29, 0.717) is 48.3 Å². The molecule has 0 aromatic heterocycles. The molecule has 20 heavy (non-hydrogen) atoms. The molecule has 1 aromatic rings. The van der Waals surface area contributed by atoms with Gasteiger partial charge in [0.05, 0.1) is 11.6 Å². The predicted molar refractivity (Wildman–Crippen MR) is 82.5 cm³/mol. The van der Waals surface area contributed by atoms with Crippen LogP contribution in [0.25, 0.3) is 0 Å². The number of amides is 1. The Hall–Kier alpha value is -0.970. The molecular formula is C14H20Cl2N2O2. The Labute approximate surface area is 129 Å². The van der Waals surface area contributed by atoms with E-state index in [4.69, 9.17) is 33.7 Å². The monoisotopic (exact) mass is 318 g/mol. The number of rotatable bonds is 9. The molecule has 0 spiro atoms. The highest BCUT2D eigenvalue weighted by Crippen LogP contribution is 2.31. The van der Waals surface area contributed by atoms with Crippen LogP contribution in [0.4, 0.5) is 0 Å². The maximum Gasteiger partial charge on any atom is 0.220 e. The van der Waals surface area contributed by atoms with Crippen molar-refractivity contribution in [3.63, 3.8) is 0 Å². The minimum absolute atomic E-state index is 0.0304. The number of carbonyl (C=O) groups is 1. The fourth-order valence-electron chi connectivity index (χ4n) is 1.60. The first-order chi connectivity index (χ1) is 9.65. The standard InChI is InChI=1S/C14H20Cl2N2O2/c15-11-5-3-6-12(14(11)16)20-10-4-7-13(19)18-9-2-1-8-17/h3,5-6H,1-2,4,7-10,17H2,(H,18,19). The highest BCUT2D eigenvalue weighted by molar-refractivity contribution is 6.42. The Kier molecular flexibility index (Phi) is 8.42. The lowest BCUT2D eigenvalue weighted by Crippen LogP contribution is -2.25. The molecule has 112 valence electrons. The number of hydrogen-bond donors (Lipinski definition) is 2. The first-order valence-corrected chi connectivity index (χ1v) is 7.44. The van der Waals surface area contributed by atoms with Crippen LogP contribution in [-0.2, 0) is 4.79 Å². The molecule has 3 N–H and O–H groups in total. The molecule has 0 aliphatic heterocycles. The summed E-state index contributed by atoms with van der Waals surface area (Å²) in [4.78, 5) is 11.5. The Morgan fingerprint density at radius 1 is 1.25 bits per heavy atom. The number of nitrogens with one attached hydrogen (secondary N) is 1. The van der Waals surface area contributed by atoms with Gasteiger partial charge in [-0.25, -0.2) is 0 Å². The molecule has 0 unspecified atom stereocenters. The zero-order valence-electron chi connectivity index (χ0n) is 11.3. The second-order valence-electron chi connectivity index (χ2n) is 4.35. The van der Waals surface area contributed by atoms with Crippen LogP contribution in [0, 0.1) is 0 Å². The molecule has 0 saturated carbocycles. The maximum atomic E-state index is 11.5. The van der Waals surface area contributed by atoms with E-state index in [0.717, 1.165) is 12.8 Å². The van der Waals surface area contributed by atoms with E-state index in [-0.39, 0.29) is 5.91 Å². The van der Waals surface area contributed by atoms with Crippen molar-refractivity contribution in [2.75, 3.05) is 19.7 Å². The third-order valence-corrected chi connectivity index (χ3v) is 3.48. The Bertz CT molecular complexity index is 428. The normalized spacial score (nSPS) is 10.3. The third kappa shape index (κ3) is 6.46. The molecule has 6 heteroatoms. The number of benzene rings is 1. The number of halogens is 2. The minimum Gasteiger partial charge on any atom is -0.492 e. The van der Waals surface area contributed by atoms with E-state index in [9.17, 15) is 4.79 Å². The summed E-state index contributed by atoms with van der Waals surface area (Å²) in [5.41, 5.74) is 5.37. The Morgan fingerprint density at radius 3 is 2.80 bits per heavy atom. The fraction of sp³-hybridized carbons (Fsp3) is 0.500. The highest BCUT2D eigenvalue weighted by Gasteiger charge is 2.06. The molecule has 0 bridgehead atoms. The van der Waals surface area contributed by atoms with Gasteiger partial charge in [-0.05, 0) is 37.9 Å². The summed E-state index contributed by atoms with van der Waals surface area (Å²) in [6.07, 6.45) is 2.90. The Morgan fingerprint density at radius 2 is 2.05 bits per heavy atom. The van der Waals surface area contributed by atoms with Gasteiger partial charge in [0.2, 0.25) is 5.91 Å². The molecule has 0 heterocycles. The van der Waals surface area contributed by atoms with Crippen LogP contribution in [0.15, 0.2) is 18.2 Å².